The molecule has 6 saturated carbocycles. The highest BCUT2D eigenvalue weighted by molar-refractivity contribution is 5.20. The summed E-state index contributed by atoms with van der Waals surface area (Å²) < 4.78 is 0. The molecule has 0 aliphatic heterocycles. The largest absolute Gasteiger partial charge is 0.297 e. The Labute approximate surface area is 238 Å². The van der Waals surface area contributed by atoms with E-state index in [2.05, 4.69) is 11.9 Å². The van der Waals surface area contributed by atoms with Gasteiger partial charge in [0.1, 0.15) is 0 Å². The van der Waals surface area contributed by atoms with Crippen molar-refractivity contribution in [3.63, 3.8) is 0 Å². The SMILES string of the molecule is CN(C1CCCCC1)C1(C2CCCCC2)CCCC(C2CCCCC2)C1(C1CCCCC1)C1CCCCC1. The van der Waals surface area contributed by atoms with Crippen LogP contribution >= 0.6 is 0 Å². The predicted octanol–water partition coefficient (Wildman–Crippen LogP) is 11.1. The molecule has 218 valence electrons. The van der Waals surface area contributed by atoms with Crippen LogP contribution in [-0.4, -0.2) is 23.5 Å². The van der Waals surface area contributed by atoms with Crippen molar-refractivity contribution in [1.29, 1.82) is 0 Å². The summed E-state index contributed by atoms with van der Waals surface area (Å²) in [6, 6.07) is 0.877. The molecule has 0 saturated heterocycles. The lowest BCUT2D eigenvalue weighted by molar-refractivity contribution is -0.229. The van der Waals surface area contributed by atoms with E-state index < -0.39 is 0 Å². The Morgan fingerprint density at radius 1 is 0.421 bits per heavy atom. The zero-order chi connectivity index (χ0) is 25.8. The second-order valence-corrected chi connectivity index (χ2v) is 15.7. The van der Waals surface area contributed by atoms with E-state index in [0.717, 1.165) is 35.6 Å². The average molecular weight is 524 g/mol. The molecule has 0 heterocycles. The molecule has 6 aliphatic carbocycles. The molecule has 0 bridgehead atoms. The van der Waals surface area contributed by atoms with Gasteiger partial charge in [0.2, 0.25) is 0 Å². The number of hydrogen-bond acceptors (Lipinski definition) is 1. The molecular weight excluding hydrogens is 458 g/mol. The van der Waals surface area contributed by atoms with Crippen LogP contribution in [0.3, 0.4) is 0 Å². The molecule has 0 aromatic carbocycles. The van der Waals surface area contributed by atoms with Crippen LogP contribution in [0.1, 0.15) is 180 Å². The lowest BCUT2D eigenvalue weighted by atomic mass is 9.37. The molecule has 0 amide bonds. The topological polar surface area (TPSA) is 3.24 Å². The highest BCUT2D eigenvalue weighted by Crippen LogP contribution is 2.70. The highest BCUT2D eigenvalue weighted by atomic mass is 15.2. The van der Waals surface area contributed by atoms with Gasteiger partial charge in [0.25, 0.3) is 0 Å². The van der Waals surface area contributed by atoms with Crippen LogP contribution < -0.4 is 0 Å². The smallest absolute Gasteiger partial charge is 0.0301 e. The first kappa shape index (κ1) is 28.1. The third kappa shape index (κ3) is 4.98. The van der Waals surface area contributed by atoms with Gasteiger partial charge >= 0.3 is 0 Å². The molecule has 1 nitrogen and oxygen atoms in total. The molecule has 0 spiro atoms. The summed E-state index contributed by atoms with van der Waals surface area (Å²) in [4.78, 5) is 3.29. The highest BCUT2D eigenvalue weighted by Gasteiger charge is 2.68. The Bertz CT molecular complexity index is 680. The molecule has 0 radical (unpaired) electrons. The summed E-state index contributed by atoms with van der Waals surface area (Å²) in [5.74, 6) is 5.13. The Hall–Kier alpha value is -0.0400. The molecule has 0 N–H and O–H groups in total. The molecule has 6 aliphatic rings. The van der Waals surface area contributed by atoms with Crippen molar-refractivity contribution in [2.24, 2.45) is 35.0 Å². The van der Waals surface area contributed by atoms with Crippen molar-refractivity contribution >= 4 is 0 Å². The third-order valence-electron chi connectivity index (χ3n) is 14.2. The van der Waals surface area contributed by atoms with Gasteiger partial charge < -0.3 is 0 Å². The maximum atomic E-state index is 3.29. The molecule has 2 unspecified atom stereocenters. The summed E-state index contributed by atoms with van der Waals surface area (Å²) in [5.41, 5.74) is 1.11. The molecule has 6 rings (SSSR count). The van der Waals surface area contributed by atoms with E-state index in [4.69, 9.17) is 0 Å². The van der Waals surface area contributed by atoms with E-state index in [-0.39, 0.29) is 0 Å². The second-order valence-electron chi connectivity index (χ2n) is 15.7. The Morgan fingerprint density at radius 3 is 1.34 bits per heavy atom. The van der Waals surface area contributed by atoms with Gasteiger partial charge in [-0.05, 0) is 106 Å². The third-order valence-corrected chi connectivity index (χ3v) is 14.2. The van der Waals surface area contributed by atoms with Crippen LogP contribution in [0.15, 0.2) is 0 Å². The van der Waals surface area contributed by atoms with Crippen molar-refractivity contribution in [3.05, 3.63) is 0 Å². The molecule has 38 heavy (non-hydrogen) atoms. The van der Waals surface area contributed by atoms with Gasteiger partial charge in [0.05, 0.1) is 0 Å². The van der Waals surface area contributed by atoms with Crippen LogP contribution in [0, 0.1) is 35.0 Å². The van der Waals surface area contributed by atoms with Gasteiger partial charge in [0, 0.05) is 11.6 Å². The van der Waals surface area contributed by atoms with Gasteiger partial charge in [-0.3, -0.25) is 4.90 Å². The Morgan fingerprint density at radius 2 is 0.842 bits per heavy atom. The fraction of sp³-hybridized carbons (Fsp3) is 1.00. The van der Waals surface area contributed by atoms with E-state index in [1.165, 1.54) is 70.6 Å². The molecule has 2 atom stereocenters. The fourth-order valence-corrected chi connectivity index (χ4v) is 13.0. The number of hydrogen-bond donors (Lipinski definition) is 0. The van der Waals surface area contributed by atoms with Crippen molar-refractivity contribution in [2.45, 2.75) is 191 Å². The maximum Gasteiger partial charge on any atom is 0.0301 e. The predicted molar refractivity (Wildman–Crippen MR) is 163 cm³/mol. The van der Waals surface area contributed by atoms with Crippen molar-refractivity contribution in [3.8, 4) is 0 Å². The Balaban J connectivity index is 1.54. The molecule has 0 aromatic heterocycles. The van der Waals surface area contributed by atoms with E-state index in [0.29, 0.717) is 11.0 Å². The first-order valence-electron chi connectivity index (χ1n) is 18.5. The van der Waals surface area contributed by atoms with Crippen LogP contribution in [0.2, 0.25) is 0 Å². The molecule has 1 heteroatoms. The molecule has 0 aromatic rings. The van der Waals surface area contributed by atoms with Crippen LogP contribution in [-0.2, 0) is 0 Å². The summed E-state index contributed by atoms with van der Waals surface area (Å²) in [6.45, 7) is 0. The minimum Gasteiger partial charge on any atom is -0.297 e. The summed E-state index contributed by atoms with van der Waals surface area (Å²) in [6.07, 6.45) is 43.3. The van der Waals surface area contributed by atoms with Crippen LogP contribution in [0.25, 0.3) is 0 Å². The zero-order valence-corrected chi connectivity index (χ0v) is 25.7. The normalized spacial score (nSPS) is 36.0. The van der Waals surface area contributed by atoms with E-state index >= 15 is 0 Å². The average Bonchev–Trinajstić information content (AvgIpc) is 3.02. The second kappa shape index (κ2) is 12.9. The Kier molecular flexibility index (Phi) is 9.51. The summed E-state index contributed by atoms with van der Waals surface area (Å²) in [7, 11) is 2.76. The summed E-state index contributed by atoms with van der Waals surface area (Å²) >= 11 is 0. The van der Waals surface area contributed by atoms with Gasteiger partial charge in [-0.15, -0.1) is 0 Å². The van der Waals surface area contributed by atoms with E-state index in [1.807, 2.05) is 0 Å². The standard InChI is InChI=1S/C37H65N/c1-38(34-26-15-6-16-27-34)36(31-20-9-3-10-21-31)29-17-28-35(30-18-7-2-8-19-30)37(36,32-22-11-4-12-23-32)33-24-13-5-14-25-33/h30-35H,2-29H2,1H3. The van der Waals surface area contributed by atoms with Crippen molar-refractivity contribution < 1.29 is 0 Å². The lowest BCUT2D eigenvalue weighted by Gasteiger charge is -2.73. The quantitative estimate of drug-likeness (QED) is 0.334. The fourth-order valence-electron chi connectivity index (χ4n) is 13.0. The van der Waals surface area contributed by atoms with Crippen molar-refractivity contribution in [1.82, 2.24) is 4.90 Å². The first-order chi connectivity index (χ1) is 18.8. The first-order valence-corrected chi connectivity index (χ1v) is 18.5. The minimum atomic E-state index is 0.500. The van der Waals surface area contributed by atoms with Crippen LogP contribution in [0.4, 0.5) is 0 Å². The monoisotopic (exact) mass is 524 g/mol. The van der Waals surface area contributed by atoms with Gasteiger partial charge in [-0.2, -0.15) is 0 Å². The van der Waals surface area contributed by atoms with E-state index in [1.54, 1.807) is 109 Å². The summed E-state index contributed by atoms with van der Waals surface area (Å²) in [5, 5.41) is 0. The molecular formula is C37H65N. The molecule has 6 fully saturated rings. The van der Waals surface area contributed by atoms with Crippen LogP contribution in [0.5, 0.6) is 0 Å². The van der Waals surface area contributed by atoms with Gasteiger partial charge in [-0.25, -0.2) is 0 Å². The zero-order valence-electron chi connectivity index (χ0n) is 25.7. The van der Waals surface area contributed by atoms with E-state index in [9.17, 15) is 0 Å². The van der Waals surface area contributed by atoms with Gasteiger partial charge in [-0.1, -0.05) is 116 Å². The number of nitrogens with zero attached hydrogens (tertiary/aromatic N) is 1. The minimum absolute atomic E-state index is 0.500. The van der Waals surface area contributed by atoms with Crippen molar-refractivity contribution in [2.75, 3.05) is 7.05 Å². The van der Waals surface area contributed by atoms with Gasteiger partial charge in [0.15, 0.2) is 0 Å². The number of rotatable bonds is 6. The maximum absolute atomic E-state index is 3.29. The lowest BCUT2D eigenvalue weighted by Crippen LogP contribution is -2.74.